The topological polar surface area (TPSA) is 82.8 Å². The first kappa shape index (κ1) is 23.3. The number of alkyl halides is 3. The standard InChI is InChI=1S/C17H23F3N2O4.ClH/c1-24-14-8-11(2-3-13(14)26-10-17(18,19)20)9-22-16(23)15(21)12-4-6-25-7-5-12;/h2-3,8,12,15H,4-7,9-10,21H2,1H3,(H,22,23);1H. The van der Waals surface area contributed by atoms with Gasteiger partial charge < -0.3 is 25.3 Å². The minimum Gasteiger partial charge on any atom is -0.493 e. The van der Waals surface area contributed by atoms with Gasteiger partial charge in [-0.1, -0.05) is 6.07 Å². The van der Waals surface area contributed by atoms with Crippen LogP contribution in [0.2, 0.25) is 0 Å². The summed E-state index contributed by atoms with van der Waals surface area (Å²) in [6.45, 7) is -0.0183. The van der Waals surface area contributed by atoms with E-state index in [-0.39, 0.29) is 42.3 Å². The van der Waals surface area contributed by atoms with Crippen LogP contribution in [0.1, 0.15) is 18.4 Å². The van der Waals surface area contributed by atoms with Gasteiger partial charge in [-0.25, -0.2) is 0 Å². The van der Waals surface area contributed by atoms with Crippen molar-refractivity contribution >= 4 is 18.3 Å². The Morgan fingerprint density at radius 1 is 1.33 bits per heavy atom. The van der Waals surface area contributed by atoms with Gasteiger partial charge in [0.15, 0.2) is 18.1 Å². The predicted molar refractivity (Wildman–Crippen MR) is 95.2 cm³/mol. The lowest BCUT2D eigenvalue weighted by molar-refractivity contribution is -0.153. The number of carbonyl (C=O) groups is 1. The lowest BCUT2D eigenvalue weighted by atomic mass is 9.92. The number of methoxy groups -OCH3 is 1. The molecule has 0 spiro atoms. The smallest absolute Gasteiger partial charge is 0.422 e. The predicted octanol–water partition coefficient (Wildman–Crippen LogP) is 2.43. The number of nitrogens with one attached hydrogen (secondary N) is 1. The van der Waals surface area contributed by atoms with Gasteiger partial charge in [0.1, 0.15) is 0 Å². The molecule has 2 rings (SSSR count). The quantitative estimate of drug-likeness (QED) is 0.718. The molecule has 1 aromatic rings. The second kappa shape index (κ2) is 10.6. The fraction of sp³-hybridized carbons (Fsp3) is 0.588. The fourth-order valence-electron chi connectivity index (χ4n) is 2.70. The van der Waals surface area contributed by atoms with Crippen LogP contribution in [0.25, 0.3) is 0 Å². The summed E-state index contributed by atoms with van der Waals surface area (Å²) in [4.78, 5) is 12.2. The summed E-state index contributed by atoms with van der Waals surface area (Å²) in [7, 11) is 1.33. The summed E-state index contributed by atoms with van der Waals surface area (Å²) in [5, 5.41) is 2.74. The van der Waals surface area contributed by atoms with Crippen molar-refractivity contribution in [2.45, 2.75) is 31.6 Å². The highest BCUT2D eigenvalue weighted by molar-refractivity contribution is 5.85. The van der Waals surface area contributed by atoms with Crippen LogP contribution >= 0.6 is 12.4 Å². The number of halogens is 4. The van der Waals surface area contributed by atoms with Crippen molar-refractivity contribution in [1.82, 2.24) is 5.32 Å². The normalized spacial score (nSPS) is 16.2. The molecule has 1 aliphatic rings. The van der Waals surface area contributed by atoms with E-state index in [0.29, 0.717) is 18.8 Å². The Hall–Kier alpha value is -1.71. The van der Waals surface area contributed by atoms with Crippen LogP contribution in [0.5, 0.6) is 11.5 Å². The van der Waals surface area contributed by atoms with Crippen molar-refractivity contribution in [3.8, 4) is 11.5 Å². The van der Waals surface area contributed by atoms with Crippen molar-refractivity contribution in [3.05, 3.63) is 23.8 Å². The number of hydrogen-bond acceptors (Lipinski definition) is 5. The fourth-order valence-corrected chi connectivity index (χ4v) is 2.70. The number of rotatable bonds is 7. The average Bonchev–Trinajstić information content (AvgIpc) is 2.64. The van der Waals surface area contributed by atoms with E-state index in [2.05, 4.69) is 5.32 Å². The average molecular weight is 413 g/mol. The van der Waals surface area contributed by atoms with E-state index in [9.17, 15) is 18.0 Å². The maximum Gasteiger partial charge on any atom is 0.422 e. The molecule has 1 aromatic carbocycles. The van der Waals surface area contributed by atoms with E-state index in [1.54, 1.807) is 6.07 Å². The Bertz CT molecular complexity index is 610. The van der Waals surface area contributed by atoms with Gasteiger partial charge in [-0.05, 0) is 36.5 Å². The van der Waals surface area contributed by atoms with Gasteiger partial charge in [0.05, 0.1) is 13.2 Å². The summed E-state index contributed by atoms with van der Waals surface area (Å²) < 4.78 is 51.8. The third-order valence-electron chi connectivity index (χ3n) is 4.16. The number of amides is 1. The molecule has 1 atom stereocenters. The Morgan fingerprint density at radius 2 is 2.00 bits per heavy atom. The van der Waals surface area contributed by atoms with Gasteiger partial charge in [-0.15, -0.1) is 12.4 Å². The highest BCUT2D eigenvalue weighted by Gasteiger charge is 2.29. The van der Waals surface area contributed by atoms with E-state index in [1.807, 2.05) is 0 Å². The van der Waals surface area contributed by atoms with Crippen molar-refractivity contribution in [3.63, 3.8) is 0 Å². The Balaban J connectivity index is 0.00000364. The van der Waals surface area contributed by atoms with Crippen LogP contribution in [-0.4, -0.2) is 45.1 Å². The molecule has 1 heterocycles. The first-order valence-electron chi connectivity index (χ1n) is 8.27. The van der Waals surface area contributed by atoms with Crippen LogP contribution in [0.3, 0.4) is 0 Å². The van der Waals surface area contributed by atoms with Gasteiger partial charge in [0, 0.05) is 19.8 Å². The van der Waals surface area contributed by atoms with Gasteiger partial charge in [-0.3, -0.25) is 4.79 Å². The summed E-state index contributed by atoms with van der Waals surface area (Å²) in [6, 6.07) is 3.85. The Kier molecular flexibility index (Phi) is 9.14. The molecule has 0 saturated carbocycles. The zero-order chi connectivity index (χ0) is 19.2. The third kappa shape index (κ3) is 7.43. The molecule has 1 fully saturated rings. The lowest BCUT2D eigenvalue weighted by Gasteiger charge is -2.26. The number of carbonyl (C=O) groups excluding carboxylic acids is 1. The molecule has 10 heteroatoms. The first-order chi connectivity index (χ1) is 12.3. The number of ether oxygens (including phenoxy) is 3. The Morgan fingerprint density at radius 3 is 2.59 bits per heavy atom. The van der Waals surface area contributed by atoms with Crippen LogP contribution in [0, 0.1) is 5.92 Å². The van der Waals surface area contributed by atoms with Gasteiger partial charge in [0.2, 0.25) is 5.91 Å². The van der Waals surface area contributed by atoms with E-state index in [0.717, 1.165) is 12.8 Å². The molecular weight excluding hydrogens is 389 g/mol. The molecule has 3 N–H and O–H groups in total. The molecule has 1 amide bonds. The number of nitrogens with two attached hydrogens (primary N) is 1. The van der Waals surface area contributed by atoms with Gasteiger partial charge in [-0.2, -0.15) is 13.2 Å². The zero-order valence-corrected chi connectivity index (χ0v) is 15.7. The first-order valence-corrected chi connectivity index (χ1v) is 8.27. The van der Waals surface area contributed by atoms with E-state index < -0.39 is 18.8 Å². The molecule has 0 radical (unpaired) electrons. The van der Waals surface area contributed by atoms with Crippen molar-refractivity contribution in [2.24, 2.45) is 11.7 Å². The third-order valence-corrected chi connectivity index (χ3v) is 4.16. The monoisotopic (exact) mass is 412 g/mol. The lowest BCUT2D eigenvalue weighted by Crippen LogP contribution is -2.46. The molecule has 27 heavy (non-hydrogen) atoms. The van der Waals surface area contributed by atoms with E-state index in [1.165, 1.54) is 19.2 Å². The minimum atomic E-state index is -4.43. The molecule has 154 valence electrons. The van der Waals surface area contributed by atoms with Crippen LogP contribution in [0.15, 0.2) is 18.2 Å². The molecule has 0 aliphatic carbocycles. The van der Waals surface area contributed by atoms with Crippen LogP contribution in [0.4, 0.5) is 13.2 Å². The largest absolute Gasteiger partial charge is 0.493 e. The van der Waals surface area contributed by atoms with Crippen molar-refractivity contribution in [2.75, 3.05) is 26.9 Å². The molecule has 0 bridgehead atoms. The van der Waals surface area contributed by atoms with Gasteiger partial charge in [0.25, 0.3) is 0 Å². The van der Waals surface area contributed by atoms with Crippen LogP contribution in [-0.2, 0) is 16.1 Å². The number of benzene rings is 1. The SMILES string of the molecule is COc1cc(CNC(=O)C(N)C2CCOCC2)ccc1OCC(F)(F)F.Cl. The van der Waals surface area contributed by atoms with Crippen molar-refractivity contribution in [1.29, 1.82) is 0 Å². The summed E-state index contributed by atoms with van der Waals surface area (Å²) in [6.07, 6.45) is -2.95. The second-order valence-corrected chi connectivity index (χ2v) is 6.08. The highest BCUT2D eigenvalue weighted by Crippen LogP contribution is 2.29. The summed E-state index contributed by atoms with van der Waals surface area (Å²) >= 11 is 0. The molecule has 0 aromatic heterocycles. The molecule has 1 aliphatic heterocycles. The molecular formula is C17H24ClF3N2O4. The maximum atomic E-state index is 12.3. The molecule has 6 nitrogen and oxygen atoms in total. The second-order valence-electron chi connectivity index (χ2n) is 6.08. The molecule has 1 saturated heterocycles. The summed E-state index contributed by atoms with van der Waals surface area (Å²) in [5.74, 6) is -0.0433. The van der Waals surface area contributed by atoms with E-state index in [4.69, 9.17) is 19.9 Å². The van der Waals surface area contributed by atoms with Crippen LogP contribution < -0.4 is 20.5 Å². The Labute approximate surface area is 161 Å². The minimum absolute atomic E-state index is 0. The summed E-state index contributed by atoms with van der Waals surface area (Å²) in [5.41, 5.74) is 6.66. The van der Waals surface area contributed by atoms with Crippen molar-refractivity contribution < 1.29 is 32.2 Å². The highest BCUT2D eigenvalue weighted by atomic mass is 35.5. The van der Waals surface area contributed by atoms with Gasteiger partial charge >= 0.3 is 6.18 Å². The maximum absolute atomic E-state index is 12.3. The van der Waals surface area contributed by atoms with E-state index >= 15 is 0 Å². The zero-order valence-electron chi connectivity index (χ0n) is 14.9. The number of hydrogen-bond donors (Lipinski definition) is 2. The molecule has 1 unspecified atom stereocenters.